The molecule has 0 unspecified atom stereocenters. The summed E-state index contributed by atoms with van der Waals surface area (Å²) in [5.74, 6) is -0.469. The number of ketones is 1. The van der Waals surface area contributed by atoms with Crippen molar-refractivity contribution in [1.29, 1.82) is 0 Å². The zero-order valence-corrected chi connectivity index (χ0v) is 15.2. The molecule has 1 N–H and O–H groups in total. The molecule has 6 nitrogen and oxygen atoms in total. The van der Waals surface area contributed by atoms with Crippen LogP contribution in [0, 0.1) is 10.1 Å². The SMILES string of the molecule is CC(=O)c1ccc(N=Cc2cc(Cc3ccccc3)cc([N+](=O)[O-])c2O)cc1. The van der Waals surface area contributed by atoms with Gasteiger partial charge >= 0.3 is 5.69 Å². The van der Waals surface area contributed by atoms with Gasteiger partial charge < -0.3 is 5.11 Å². The smallest absolute Gasteiger partial charge is 0.311 e. The predicted octanol–water partition coefficient (Wildman–Crippen LogP) is 4.84. The van der Waals surface area contributed by atoms with Crippen LogP contribution in [-0.2, 0) is 6.42 Å². The van der Waals surface area contributed by atoms with Gasteiger partial charge in [-0.3, -0.25) is 19.9 Å². The summed E-state index contributed by atoms with van der Waals surface area (Å²) in [6.07, 6.45) is 1.88. The Bertz CT molecular complexity index is 1040. The Hall–Kier alpha value is -3.80. The lowest BCUT2D eigenvalue weighted by atomic mass is 10.0. The minimum absolute atomic E-state index is 0.0441. The quantitative estimate of drug-likeness (QED) is 0.289. The van der Waals surface area contributed by atoms with Crippen LogP contribution in [0.25, 0.3) is 0 Å². The minimum atomic E-state index is -0.608. The van der Waals surface area contributed by atoms with Gasteiger partial charge in [0.2, 0.25) is 5.75 Å². The Morgan fingerprint density at radius 3 is 2.36 bits per heavy atom. The fourth-order valence-corrected chi connectivity index (χ4v) is 2.80. The van der Waals surface area contributed by atoms with Crippen molar-refractivity contribution >= 4 is 23.4 Å². The molecule has 0 aliphatic rings. The molecule has 3 aromatic carbocycles. The highest BCUT2D eigenvalue weighted by Gasteiger charge is 2.18. The third kappa shape index (κ3) is 4.48. The number of hydrogen-bond acceptors (Lipinski definition) is 5. The normalized spacial score (nSPS) is 10.9. The summed E-state index contributed by atoms with van der Waals surface area (Å²) in [7, 11) is 0. The average molecular weight is 374 g/mol. The van der Waals surface area contributed by atoms with Crippen LogP contribution in [0.5, 0.6) is 5.75 Å². The first-order valence-corrected chi connectivity index (χ1v) is 8.63. The molecule has 0 aliphatic carbocycles. The second kappa shape index (κ2) is 8.26. The van der Waals surface area contributed by atoms with Gasteiger partial charge in [-0.1, -0.05) is 30.3 Å². The van der Waals surface area contributed by atoms with E-state index in [0.29, 0.717) is 23.2 Å². The third-order valence-corrected chi connectivity index (χ3v) is 4.25. The van der Waals surface area contributed by atoms with Crippen molar-refractivity contribution in [3.8, 4) is 5.75 Å². The Labute approximate surface area is 162 Å². The highest BCUT2D eigenvalue weighted by molar-refractivity contribution is 5.94. The number of nitrogens with zero attached hydrogens (tertiary/aromatic N) is 2. The number of carbonyl (C=O) groups is 1. The molecule has 0 atom stereocenters. The van der Waals surface area contributed by atoms with Crippen molar-refractivity contribution in [1.82, 2.24) is 0 Å². The Morgan fingerprint density at radius 1 is 1.07 bits per heavy atom. The summed E-state index contributed by atoms with van der Waals surface area (Å²) >= 11 is 0. The topological polar surface area (TPSA) is 92.8 Å². The lowest BCUT2D eigenvalue weighted by Crippen LogP contribution is -1.97. The number of nitro benzene ring substituents is 1. The standard InChI is InChI=1S/C22H18N2O4/c1-15(25)18-7-9-20(10-8-18)23-14-19-12-17(11-16-5-3-2-4-6-16)13-21(22(19)26)24(27)28/h2-10,12-14,26H,11H2,1H3. The number of carbonyl (C=O) groups excluding carboxylic acids is 1. The Morgan fingerprint density at radius 2 is 1.75 bits per heavy atom. The van der Waals surface area contributed by atoms with Crippen molar-refractivity contribution < 1.29 is 14.8 Å². The number of phenols is 1. The van der Waals surface area contributed by atoms with Crippen molar-refractivity contribution in [2.45, 2.75) is 13.3 Å². The van der Waals surface area contributed by atoms with Gasteiger partial charge in [0.05, 0.1) is 10.6 Å². The molecule has 0 aliphatic heterocycles. The zero-order chi connectivity index (χ0) is 20.1. The maximum absolute atomic E-state index is 11.3. The molecular weight excluding hydrogens is 356 g/mol. The molecule has 0 heterocycles. The third-order valence-electron chi connectivity index (χ3n) is 4.25. The molecule has 0 fully saturated rings. The van der Waals surface area contributed by atoms with Crippen molar-refractivity contribution in [3.05, 3.63) is 99.1 Å². The fourth-order valence-electron chi connectivity index (χ4n) is 2.80. The van der Waals surface area contributed by atoms with Gasteiger partial charge in [0.25, 0.3) is 0 Å². The minimum Gasteiger partial charge on any atom is -0.502 e. The van der Waals surface area contributed by atoms with E-state index in [-0.39, 0.29) is 17.0 Å². The molecule has 0 spiro atoms. The molecule has 6 heteroatoms. The van der Waals surface area contributed by atoms with E-state index in [9.17, 15) is 20.0 Å². The number of nitro groups is 1. The molecule has 0 radical (unpaired) electrons. The summed E-state index contributed by atoms with van der Waals surface area (Å²) in [5, 5.41) is 21.6. The molecule has 3 aromatic rings. The number of rotatable bonds is 6. The predicted molar refractivity (Wildman–Crippen MR) is 108 cm³/mol. The van der Waals surface area contributed by atoms with Crippen LogP contribution in [0.15, 0.2) is 71.7 Å². The van der Waals surface area contributed by atoms with Gasteiger partial charge in [0, 0.05) is 23.4 Å². The molecule has 0 saturated heterocycles. The number of aliphatic imine (C=N–C) groups is 1. The van der Waals surface area contributed by atoms with Gasteiger partial charge in [0.1, 0.15) is 0 Å². The highest BCUT2D eigenvalue weighted by Crippen LogP contribution is 2.31. The van der Waals surface area contributed by atoms with Gasteiger partial charge in [-0.25, -0.2) is 0 Å². The summed E-state index contributed by atoms with van der Waals surface area (Å²) < 4.78 is 0. The van der Waals surface area contributed by atoms with E-state index in [1.165, 1.54) is 19.2 Å². The van der Waals surface area contributed by atoms with Crippen LogP contribution < -0.4 is 0 Å². The number of aromatic hydroxyl groups is 1. The Balaban J connectivity index is 1.94. The maximum Gasteiger partial charge on any atom is 0.311 e. The molecule has 0 saturated carbocycles. The summed E-state index contributed by atoms with van der Waals surface area (Å²) in [5.41, 5.74) is 2.75. The number of Topliss-reactive ketones (excluding diaryl/α,β-unsaturated/α-hetero) is 1. The highest BCUT2D eigenvalue weighted by atomic mass is 16.6. The first-order valence-electron chi connectivity index (χ1n) is 8.63. The first kappa shape index (κ1) is 19.0. The summed E-state index contributed by atoms with van der Waals surface area (Å²) in [6, 6.07) is 19.3. The molecular formula is C22H18N2O4. The van der Waals surface area contributed by atoms with Gasteiger partial charge in [-0.15, -0.1) is 0 Å². The number of benzene rings is 3. The van der Waals surface area contributed by atoms with Gasteiger partial charge in [-0.2, -0.15) is 0 Å². The van der Waals surface area contributed by atoms with Crippen molar-refractivity contribution in [3.63, 3.8) is 0 Å². The van der Waals surface area contributed by atoms with Crippen LogP contribution in [0.3, 0.4) is 0 Å². The van der Waals surface area contributed by atoms with Crippen LogP contribution in [0.1, 0.15) is 34.0 Å². The average Bonchev–Trinajstić information content (AvgIpc) is 2.69. The van der Waals surface area contributed by atoms with E-state index in [4.69, 9.17) is 0 Å². The first-order chi connectivity index (χ1) is 13.4. The molecule has 0 aromatic heterocycles. The molecule has 0 bridgehead atoms. The molecule has 3 rings (SSSR count). The number of hydrogen-bond donors (Lipinski definition) is 1. The van der Waals surface area contributed by atoms with Gasteiger partial charge in [-0.05, 0) is 54.8 Å². The lowest BCUT2D eigenvalue weighted by molar-refractivity contribution is -0.385. The van der Waals surface area contributed by atoms with E-state index in [1.54, 1.807) is 30.3 Å². The monoisotopic (exact) mass is 374 g/mol. The second-order valence-corrected chi connectivity index (χ2v) is 6.33. The number of phenolic OH excluding ortho intramolecular Hbond substituents is 1. The largest absolute Gasteiger partial charge is 0.502 e. The van der Waals surface area contributed by atoms with E-state index in [2.05, 4.69) is 4.99 Å². The van der Waals surface area contributed by atoms with Crippen LogP contribution in [0.4, 0.5) is 11.4 Å². The van der Waals surface area contributed by atoms with Crippen molar-refractivity contribution in [2.75, 3.05) is 0 Å². The Kier molecular flexibility index (Phi) is 5.60. The summed E-state index contributed by atoms with van der Waals surface area (Å²) in [6.45, 7) is 1.48. The van der Waals surface area contributed by atoms with Crippen LogP contribution in [-0.4, -0.2) is 22.0 Å². The summed E-state index contributed by atoms with van der Waals surface area (Å²) in [4.78, 5) is 26.3. The van der Waals surface area contributed by atoms with E-state index in [1.807, 2.05) is 30.3 Å². The molecule has 28 heavy (non-hydrogen) atoms. The zero-order valence-electron chi connectivity index (χ0n) is 15.2. The van der Waals surface area contributed by atoms with E-state index in [0.717, 1.165) is 5.56 Å². The van der Waals surface area contributed by atoms with Crippen LogP contribution >= 0.6 is 0 Å². The van der Waals surface area contributed by atoms with E-state index < -0.39 is 10.7 Å². The second-order valence-electron chi connectivity index (χ2n) is 6.33. The molecule has 0 amide bonds. The van der Waals surface area contributed by atoms with E-state index >= 15 is 0 Å². The van der Waals surface area contributed by atoms with Crippen LogP contribution in [0.2, 0.25) is 0 Å². The fraction of sp³-hybridized carbons (Fsp3) is 0.0909. The maximum atomic E-state index is 11.3. The molecule has 140 valence electrons. The lowest BCUT2D eigenvalue weighted by Gasteiger charge is -2.06. The van der Waals surface area contributed by atoms with Gasteiger partial charge in [0.15, 0.2) is 5.78 Å². The van der Waals surface area contributed by atoms with Crippen molar-refractivity contribution in [2.24, 2.45) is 4.99 Å².